The van der Waals surface area contributed by atoms with Crippen molar-refractivity contribution in [2.24, 2.45) is 0 Å². The van der Waals surface area contributed by atoms with Gasteiger partial charge in [0, 0.05) is 18.0 Å². The fourth-order valence-corrected chi connectivity index (χ4v) is 3.49. The number of pyridine rings is 1. The number of rotatable bonds is 5. The second kappa shape index (κ2) is 7.50. The highest BCUT2D eigenvalue weighted by atomic mass is 32.1. The average molecular weight is 389 g/mol. The molecule has 8 heteroatoms. The Kier molecular flexibility index (Phi) is 4.74. The smallest absolute Gasteiger partial charge is 0.161 e. The lowest BCUT2D eigenvalue weighted by molar-refractivity contribution is 0.355. The minimum Gasteiger partial charge on any atom is -0.493 e. The Balaban J connectivity index is 1.86. The van der Waals surface area contributed by atoms with Crippen LogP contribution in [-0.2, 0) is 0 Å². The van der Waals surface area contributed by atoms with E-state index >= 15 is 0 Å². The van der Waals surface area contributed by atoms with Gasteiger partial charge in [0.15, 0.2) is 11.5 Å². The third kappa shape index (κ3) is 3.08. The molecule has 0 atom stereocenters. The van der Waals surface area contributed by atoms with E-state index in [0.717, 1.165) is 39.6 Å². The van der Waals surface area contributed by atoms with E-state index in [9.17, 15) is 5.26 Å². The average Bonchev–Trinajstić information content (AvgIpc) is 3.23. The van der Waals surface area contributed by atoms with Crippen LogP contribution in [0.3, 0.4) is 0 Å². The van der Waals surface area contributed by atoms with Gasteiger partial charge in [-0.3, -0.25) is 4.98 Å². The van der Waals surface area contributed by atoms with E-state index in [1.54, 1.807) is 20.4 Å². The molecule has 0 unspecified atom stereocenters. The van der Waals surface area contributed by atoms with Gasteiger partial charge in [-0.25, -0.2) is 0 Å². The standard InChI is InChI=1S/C20H15N5O2S/c1-26-17-7-6-12(8-18(17)27-2)14-11-22-10-13(9-21)19(14)23-15-4-3-5-16-20(15)25-28-24-16/h3-8,10-11H,1-2H3,(H,22,23). The zero-order valence-corrected chi connectivity index (χ0v) is 15.9. The second-order valence-electron chi connectivity index (χ2n) is 5.85. The van der Waals surface area contributed by atoms with Gasteiger partial charge in [-0.05, 0) is 29.8 Å². The highest BCUT2D eigenvalue weighted by Gasteiger charge is 2.15. The fraction of sp³-hybridized carbons (Fsp3) is 0.100. The molecule has 0 saturated heterocycles. The van der Waals surface area contributed by atoms with Crippen LogP contribution >= 0.6 is 11.7 Å². The van der Waals surface area contributed by atoms with Crippen LogP contribution in [0.5, 0.6) is 11.5 Å². The van der Waals surface area contributed by atoms with Crippen LogP contribution in [0.2, 0.25) is 0 Å². The van der Waals surface area contributed by atoms with Crippen LogP contribution in [0.15, 0.2) is 48.8 Å². The van der Waals surface area contributed by atoms with Crippen LogP contribution < -0.4 is 14.8 Å². The van der Waals surface area contributed by atoms with Crippen molar-refractivity contribution in [1.82, 2.24) is 13.7 Å². The fourth-order valence-electron chi connectivity index (χ4n) is 2.94. The molecule has 4 aromatic rings. The first-order chi connectivity index (χ1) is 13.7. The molecule has 0 aliphatic carbocycles. The summed E-state index contributed by atoms with van der Waals surface area (Å²) in [5, 5.41) is 13.0. The Hall–Kier alpha value is -3.70. The zero-order valence-electron chi connectivity index (χ0n) is 15.1. The number of fused-ring (bicyclic) bond motifs is 1. The molecule has 0 bridgehead atoms. The first-order valence-electron chi connectivity index (χ1n) is 8.34. The summed E-state index contributed by atoms with van der Waals surface area (Å²) < 4.78 is 19.4. The van der Waals surface area contributed by atoms with Crippen molar-refractivity contribution in [3.63, 3.8) is 0 Å². The summed E-state index contributed by atoms with van der Waals surface area (Å²) in [6.07, 6.45) is 3.25. The topological polar surface area (TPSA) is 93.0 Å². The minimum atomic E-state index is 0.424. The Morgan fingerprint density at radius 3 is 2.68 bits per heavy atom. The van der Waals surface area contributed by atoms with Crippen LogP contribution in [-0.4, -0.2) is 28.0 Å². The molecule has 2 aromatic carbocycles. The normalized spacial score (nSPS) is 10.5. The molecular formula is C20H15N5O2S. The third-order valence-corrected chi connectivity index (χ3v) is 4.85. The van der Waals surface area contributed by atoms with Gasteiger partial charge < -0.3 is 14.8 Å². The zero-order chi connectivity index (χ0) is 19.5. The van der Waals surface area contributed by atoms with Gasteiger partial charge in [0.05, 0.1) is 42.9 Å². The van der Waals surface area contributed by atoms with E-state index in [-0.39, 0.29) is 0 Å². The predicted molar refractivity (Wildman–Crippen MR) is 108 cm³/mol. The van der Waals surface area contributed by atoms with Crippen LogP contribution in [0.1, 0.15) is 5.56 Å². The number of aromatic nitrogens is 3. The molecular weight excluding hydrogens is 374 g/mol. The lowest BCUT2D eigenvalue weighted by atomic mass is 10.0. The monoisotopic (exact) mass is 389 g/mol. The molecule has 7 nitrogen and oxygen atoms in total. The highest BCUT2D eigenvalue weighted by molar-refractivity contribution is 7.00. The van der Waals surface area contributed by atoms with Crippen molar-refractivity contribution in [2.45, 2.75) is 0 Å². The van der Waals surface area contributed by atoms with Crippen molar-refractivity contribution in [3.05, 3.63) is 54.4 Å². The Labute approximate surface area is 165 Å². The van der Waals surface area contributed by atoms with Crippen LogP contribution in [0, 0.1) is 11.3 Å². The summed E-state index contributed by atoms with van der Waals surface area (Å²) in [4.78, 5) is 4.22. The number of nitriles is 1. The Bertz CT molecular complexity index is 1200. The molecule has 0 spiro atoms. The first-order valence-corrected chi connectivity index (χ1v) is 9.07. The summed E-state index contributed by atoms with van der Waals surface area (Å²) in [5.41, 5.74) is 5.00. The molecule has 0 aliphatic rings. The predicted octanol–water partition coefficient (Wildman–Crippen LogP) is 4.39. The van der Waals surface area contributed by atoms with Crippen molar-refractivity contribution < 1.29 is 9.47 Å². The van der Waals surface area contributed by atoms with Crippen molar-refractivity contribution in [2.75, 3.05) is 19.5 Å². The van der Waals surface area contributed by atoms with Gasteiger partial charge in [-0.2, -0.15) is 14.0 Å². The van der Waals surface area contributed by atoms with E-state index in [1.165, 1.54) is 6.20 Å². The van der Waals surface area contributed by atoms with Gasteiger partial charge in [0.2, 0.25) is 0 Å². The van der Waals surface area contributed by atoms with Crippen LogP contribution in [0.25, 0.3) is 22.2 Å². The first kappa shape index (κ1) is 17.7. The maximum atomic E-state index is 9.62. The van der Waals surface area contributed by atoms with E-state index in [2.05, 4.69) is 25.1 Å². The molecule has 4 rings (SSSR count). The number of nitrogens with one attached hydrogen (secondary N) is 1. The molecule has 2 aromatic heterocycles. The van der Waals surface area contributed by atoms with Crippen molar-refractivity contribution in [1.29, 1.82) is 5.26 Å². The van der Waals surface area contributed by atoms with Gasteiger partial charge in [-0.15, -0.1) is 0 Å². The quantitative estimate of drug-likeness (QED) is 0.541. The molecule has 0 amide bonds. The number of ether oxygens (including phenoxy) is 2. The molecule has 28 heavy (non-hydrogen) atoms. The van der Waals surface area contributed by atoms with Gasteiger partial charge in [-0.1, -0.05) is 12.1 Å². The number of methoxy groups -OCH3 is 2. The summed E-state index contributed by atoms with van der Waals surface area (Å²) in [6.45, 7) is 0. The largest absolute Gasteiger partial charge is 0.493 e. The van der Waals surface area contributed by atoms with Crippen molar-refractivity contribution >= 4 is 34.1 Å². The number of benzene rings is 2. The molecule has 138 valence electrons. The number of hydrogen-bond donors (Lipinski definition) is 1. The summed E-state index contributed by atoms with van der Waals surface area (Å²) in [5.74, 6) is 1.22. The number of anilines is 2. The molecule has 0 fully saturated rings. The Morgan fingerprint density at radius 2 is 1.89 bits per heavy atom. The summed E-state index contributed by atoms with van der Waals surface area (Å²) in [7, 11) is 3.17. The Morgan fingerprint density at radius 1 is 1.04 bits per heavy atom. The van der Waals surface area contributed by atoms with E-state index in [4.69, 9.17) is 9.47 Å². The molecule has 1 N–H and O–H groups in total. The van der Waals surface area contributed by atoms with E-state index < -0.39 is 0 Å². The second-order valence-corrected chi connectivity index (χ2v) is 6.38. The van der Waals surface area contributed by atoms with Gasteiger partial charge in [0.1, 0.15) is 17.1 Å². The lowest BCUT2D eigenvalue weighted by Crippen LogP contribution is -1.99. The minimum absolute atomic E-state index is 0.424. The van der Waals surface area contributed by atoms with Crippen molar-refractivity contribution in [3.8, 4) is 28.7 Å². The summed E-state index contributed by atoms with van der Waals surface area (Å²) >= 11 is 1.15. The number of hydrogen-bond acceptors (Lipinski definition) is 8. The van der Waals surface area contributed by atoms with Crippen LogP contribution in [0.4, 0.5) is 11.4 Å². The van der Waals surface area contributed by atoms with Gasteiger partial charge in [0.25, 0.3) is 0 Å². The third-order valence-electron chi connectivity index (χ3n) is 4.31. The molecule has 2 heterocycles. The number of nitrogens with zero attached hydrogens (tertiary/aromatic N) is 4. The lowest BCUT2D eigenvalue weighted by Gasteiger charge is -2.15. The maximum Gasteiger partial charge on any atom is 0.161 e. The maximum absolute atomic E-state index is 9.62. The SMILES string of the molecule is COc1ccc(-c2cncc(C#N)c2Nc2cccc3nsnc23)cc1OC. The highest BCUT2D eigenvalue weighted by Crippen LogP contribution is 2.38. The summed E-state index contributed by atoms with van der Waals surface area (Å²) in [6, 6.07) is 13.5. The molecule has 0 aliphatic heterocycles. The van der Waals surface area contributed by atoms with Gasteiger partial charge >= 0.3 is 0 Å². The molecule has 0 saturated carbocycles. The molecule has 0 radical (unpaired) electrons. The van der Waals surface area contributed by atoms with E-state index in [1.807, 2.05) is 36.4 Å². The van der Waals surface area contributed by atoms with E-state index in [0.29, 0.717) is 22.7 Å².